The Morgan fingerprint density at radius 1 is 1.23 bits per heavy atom. The minimum absolute atomic E-state index is 0.0315. The molecule has 11 heteroatoms. The van der Waals surface area contributed by atoms with Gasteiger partial charge in [-0.2, -0.15) is 5.10 Å². The minimum atomic E-state index is -1.24. The molecule has 184 valence electrons. The van der Waals surface area contributed by atoms with E-state index >= 15 is 4.39 Å². The molecule has 2 amide bonds. The van der Waals surface area contributed by atoms with Crippen molar-refractivity contribution in [2.24, 2.45) is 5.73 Å². The first-order chi connectivity index (χ1) is 16.8. The van der Waals surface area contributed by atoms with Gasteiger partial charge in [-0.1, -0.05) is 18.2 Å². The van der Waals surface area contributed by atoms with Crippen LogP contribution in [0.4, 0.5) is 14.6 Å². The van der Waals surface area contributed by atoms with E-state index < -0.39 is 23.4 Å². The van der Waals surface area contributed by atoms with Crippen LogP contribution in [0, 0.1) is 11.6 Å². The molecule has 1 aliphatic heterocycles. The van der Waals surface area contributed by atoms with Gasteiger partial charge in [0.25, 0.3) is 11.8 Å². The van der Waals surface area contributed by atoms with Crippen molar-refractivity contribution in [1.29, 1.82) is 0 Å². The Labute approximate surface area is 200 Å². The fourth-order valence-corrected chi connectivity index (χ4v) is 4.09. The first-order valence-electron chi connectivity index (χ1n) is 11.0. The van der Waals surface area contributed by atoms with Crippen LogP contribution < -0.4 is 21.5 Å². The smallest absolute Gasteiger partial charge is 0.255 e. The number of rotatable bonds is 7. The molecule has 2 aromatic carbocycles. The lowest BCUT2D eigenvalue weighted by Gasteiger charge is -2.23. The maximum atomic E-state index is 15.2. The second kappa shape index (κ2) is 10.1. The maximum Gasteiger partial charge on any atom is 0.255 e. The summed E-state index contributed by atoms with van der Waals surface area (Å²) in [4.78, 5) is 24.6. The fraction of sp³-hybridized carbons (Fsp3) is 0.292. The number of hydrogen-bond donors (Lipinski definition) is 3. The number of ether oxygens (including phenoxy) is 2. The molecule has 0 bridgehead atoms. The highest BCUT2D eigenvalue weighted by Crippen LogP contribution is 2.34. The van der Waals surface area contributed by atoms with Crippen molar-refractivity contribution in [3.63, 3.8) is 0 Å². The molecule has 2 heterocycles. The zero-order valence-electron chi connectivity index (χ0n) is 19.0. The van der Waals surface area contributed by atoms with E-state index in [1.807, 2.05) is 0 Å². The first kappa shape index (κ1) is 24.1. The van der Waals surface area contributed by atoms with Crippen LogP contribution in [-0.4, -0.2) is 41.9 Å². The highest BCUT2D eigenvalue weighted by molar-refractivity contribution is 6.03. The van der Waals surface area contributed by atoms with Gasteiger partial charge < -0.3 is 26.3 Å². The number of amides is 2. The van der Waals surface area contributed by atoms with Crippen molar-refractivity contribution in [1.82, 2.24) is 15.1 Å². The number of benzene rings is 2. The molecule has 0 spiro atoms. The van der Waals surface area contributed by atoms with Crippen molar-refractivity contribution >= 4 is 17.6 Å². The monoisotopic (exact) mass is 485 g/mol. The topological polar surface area (TPSA) is 134 Å². The van der Waals surface area contributed by atoms with E-state index in [0.717, 1.165) is 6.42 Å². The average Bonchev–Trinajstić information content (AvgIpc) is 3.22. The molecule has 1 fully saturated rings. The summed E-state index contributed by atoms with van der Waals surface area (Å²) in [5, 5.41) is 6.86. The maximum absolute atomic E-state index is 15.2. The second-order valence-electron chi connectivity index (χ2n) is 8.07. The number of nitrogens with zero attached hydrogens (tertiary/aromatic N) is 2. The summed E-state index contributed by atoms with van der Waals surface area (Å²) in [5.74, 6) is -3.52. The van der Waals surface area contributed by atoms with Gasteiger partial charge in [0.2, 0.25) is 0 Å². The van der Waals surface area contributed by atoms with Crippen LogP contribution in [0.1, 0.15) is 45.2 Å². The predicted octanol–water partition coefficient (Wildman–Crippen LogP) is 2.80. The van der Waals surface area contributed by atoms with Crippen molar-refractivity contribution in [2.45, 2.75) is 25.4 Å². The molecule has 0 radical (unpaired) electrons. The van der Waals surface area contributed by atoms with Gasteiger partial charge in [0.05, 0.1) is 25.3 Å². The van der Waals surface area contributed by atoms with Gasteiger partial charge >= 0.3 is 0 Å². The van der Waals surface area contributed by atoms with Gasteiger partial charge in [-0.15, -0.1) is 0 Å². The van der Waals surface area contributed by atoms with Crippen LogP contribution in [0.2, 0.25) is 0 Å². The standard InChI is InChI=1S/C24H25F2N5O4/c1-34-17-7-3-2-6-15(17)24(33)29-11-13-8-9-16(20(26)19(13)25)21-18(23(28)32)22(27)31(30-21)14-5-4-10-35-12-14/h2-3,6-9,14H,4-5,10-12,27H2,1H3,(H2,28,32)(H,29,33). The Balaban J connectivity index is 1.62. The number of nitrogens with one attached hydrogen (secondary N) is 1. The Morgan fingerprint density at radius 3 is 2.69 bits per heavy atom. The SMILES string of the molecule is COc1ccccc1C(=O)NCc1ccc(-c2nn(C3CCCOC3)c(N)c2C(N)=O)c(F)c1F. The number of nitrogen functional groups attached to an aromatic ring is 1. The minimum Gasteiger partial charge on any atom is -0.496 e. The Hall–Kier alpha value is -3.99. The quantitative estimate of drug-likeness (QED) is 0.471. The Bertz CT molecular complexity index is 1270. The number of anilines is 1. The average molecular weight is 485 g/mol. The molecular formula is C24H25F2N5O4. The number of carbonyl (C=O) groups is 2. The zero-order valence-corrected chi connectivity index (χ0v) is 19.0. The van der Waals surface area contributed by atoms with Gasteiger partial charge in [0, 0.05) is 24.3 Å². The summed E-state index contributed by atoms with van der Waals surface area (Å²) >= 11 is 0. The summed E-state index contributed by atoms with van der Waals surface area (Å²) < 4.78 is 42.1. The fourth-order valence-electron chi connectivity index (χ4n) is 4.09. The van der Waals surface area contributed by atoms with Crippen molar-refractivity contribution in [3.8, 4) is 17.0 Å². The number of methoxy groups -OCH3 is 1. The first-order valence-corrected chi connectivity index (χ1v) is 11.0. The summed E-state index contributed by atoms with van der Waals surface area (Å²) in [6.45, 7) is 0.645. The summed E-state index contributed by atoms with van der Waals surface area (Å²) in [5.41, 5.74) is 11.2. The van der Waals surface area contributed by atoms with Crippen LogP contribution in [0.3, 0.4) is 0 Å². The normalized spacial score (nSPS) is 15.6. The Morgan fingerprint density at radius 2 is 2.00 bits per heavy atom. The van der Waals surface area contributed by atoms with Crippen molar-refractivity contribution in [3.05, 3.63) is 64.7 Å². The van der Waals surface area contributed by atoms with Crippen molar-refractivity contribution in [2.75, 3.05) is 26.1 Å². The summed E-state index contributed by atoms with van der Waals surface area (Å²) in [6.07, 6.45) is 1.47. The molecule has 0 saturated carbocycles. The summed E-state index contributed by atoms with van der Waals surface area (Å²) in [7, 11) is 1.43. The highest BCUT2D eigenvalue weighted by Gasteiger charge is 2.29. The van der Waals surface area contributed by atoms with Crippen LogP contribution in [0.25, 0.3) is 11.3 Å². The molecule has 35 heavy (non-hydrogen) atoms. The number of halogens is 2. The lowest BCUT2D eigenvalue weighted by Crippen LogP contribution is -2.24. The second-order valence-corrected chi connectivity index (χ2v) is 8.07. The molecule has 1 unspecified atom stereocenters. The van der Waals surface area contributed by atoms with Crippen LogP contribution >= 0.6 is 0 Å². The predicted molar refractivity (Wildman–Crippen MR) is 124 cm³/mol. The third-order valence-corrected chi connectivity index (χ3v) is 5.88. The number of primary amides is 1. The van der Waals surface area contributed by atoms with Crippen LogP contribution in [0.15, 0.2) is 36.4 Å². The molecule has 1 aromatic heterocycles. The molecule has 4 rings (SSSR count). The van der Waals surface area contributed by atoms with Gasteiger partial charge in [0.15, 0.2) is 11.6 Å². The molecule has 5 N–H and O–H groups in total. The van der Waals surface area contributed by atoms with Gasteiger partial charge in [-0.05, 0) is 31.0 Å². The molecule has 3 aromatic rings. The number of hydrogen-bond acceptors (Lipinski definition) is 6. The highest BCUT2D eigenvalue weighted by atomic mass is 19.2. The molecule has 1 aliphatic rings. The molecule has 1 atom stereocenters. The van der Waals surface area contributed by atoms with Gasteiger partial charge in [-0.3, -0.25) is 9.59 Å². The van der Waals surface area contributed by atoms with E-state index in [-0.39, 0.29) is 46.4 Å². The number of carbonyl (C=O) groups excluding carboxylic acids is 2. The largest absolute Gasteiger partial charge is 0.496 e. The van der Waals surface area contributed by atoms with E-state index in [9.17, 15) is 14.0 Å². The van der Waals surface area contributed by atoms with E-state index in [2.05, 4.69) is 10.4 Å². The third kappa shape index (κ3) is 4.67. The lowest BCUT2D eigenvalue weighted by molar-refractivity contribution is 0.0558. The number of para-hydroxylation sites is 1. The van der Waals surface area contributed by atoms with Gasteiger partial charge in [-0.25, -0.2) is 13.5 Å². The molecule has 9 nitrogen and oxygen atoms in total. The van der Waals surface area contributed by atoms with E-state index in [0.29, 0.717) is 25.4 Å². The van der Waals surface area contributed by atoms with Crippen LogP contribution in [-0.2, 0) is 11.3 Å². The molecule has 0 aliphatic carbocycles. The number of nitrogens with two attached hydrogens (primary N) is 2. The molecule has 1 saturated heterocycles. The van der Waals surface area contributed by atoms with Crippen LogP contribution in [0.5, 0.6) is 5.75 Å². The lowest BCUT2D eigenvalue weighted by atomic mass is 10.0. The Kier molecular flexibility index (Phi) is 6.97. The number of aromatic nitrogens is 2. The van der Waals surface area contributed by atoms with E-state index in [1.165, 1.54) is 23.9 Å². The third-order valence-electron chi connectivity index (χ3n) is 5.88. The molecular weight excluding hydrogens is 460 g/mol. The van der Waals surface area contributed by atoms with Crippen molar-refractivity contribution < 1.29 is 27.8 Å². The van der Waals surface area contributed by atoms with Gasteiger partial charge in [0.1, 0.15) is 22.8 Å². The van der Waals surface area contributed by atoms with E-state index in [4.69, 9.17) is 20.9 Å². The van der Waals surface area contributed by atoms with E-state index in [1.54, 1.807) is 24.3 Å². The summed E-state index contributed by atoms with van der Waals surface area (Å²) in [6, 6.07) is 8.86. The zero-order chi connectivity index (χ0) is 25.1.